The van der Waals surface area contributed by atoms with Gasteiger partial charge < -0.3 is 9.72 Å². The van der Waals surface area contributed by atoms with E-state index in [1.807, 2.05) is 24.4 Å². The van der Waals surface area contributed by atoms with Crippen molar-refractivity contribution in [3.8, 4) is 5.75 Å². The molecule has 0 aliphatic rings. The van der Waals surface area contributed by atoms with Gasteiger partial charge in [0.2, 0.25) is 0 Å². The van der Waals surface area contributed by atoms with Crippen LogP contribution in [0.4, 0.5) is 0 Å². The predicted molar refractivity (Wildman–Crippen MR) is 71.7 cm³/mol. The third kappa shape index (κ3) is 3.33. The molecule has 0 fully saturated rings. The van der Waals surface area contributed by atoms with Crippen molar-refractivity contribution >= 4 is 15.9 Å². The van der Waals surface area contributed by atoms with Gasteiger partial charge in [0.05, 0.1) is 7.11 Å². The van der Waals surface area contributed by atoms with Crippen molar-refractivity contribution in [2.24, 2.45) is 0 Å². The van der Waals surface area contributed by atoms with E-state index in [1.165, 1.54) is 5.56 Å². The molecule has 0 saturated carbocycles. The standard InChI is InChI=1S/C13H15BrN2O/c1-17-12-5-3-2-4-10(12)8-11(14)9-13-15-6-7-16-13/h2-7,11H,8-9H2,1H3,(H,15,16). The summed E-state index contributed by atoms with van der Waals surface area (Å²) in [6, 6.07) is 8.10. The number of para-hydroxylation sites is 1. The van der Waals surface area contributed by atoms with E-state index in [2.05, 4.69) is 32.0 Å². The van der Waals surface area contributed by atoms with E-state index < -0.39 is 0 Å². The minimum atomic E-state index is 0.352. The maximum absolute atomic E-state index is 5.34. The number of rotatable bonds is 5. The van der Waals surface area contributed by atoms with E-state index in [0.29, 0.717) is 4.83 Å². The van der Waals surface area contributed by atoms with Gasteiger partial charge in [0.15, 0.2) is 0 Å². The molecule has 1 aromatic carbocycles. The van der Waals surface area contributed by atoms with Gasteiger partial charge in [0, 0.05) is 23.6 Å². The molecule has 1 N–H and O–H groups in total. The Hall–Kier alpha value is -1.29. The van der Waals surface area contributed by atoms with Crippen molar-refractivity contribution in [3.05, 3.63) is 48.0 Å². The molecule has 0 aliphatic carbocycles. The zero-order valence-electron chi connectivity index (χ0n) is 9.69. The van der Waals surface area contributed by atoms with Crippen LogP contribution in [0.1, 0.15) is 11.4 Å². The fraction of sp³-hybridized carbons (Fsp3) is 0.308. The number of ether oxygens (including phenoxy) is 1. The Labute approximate surface area is 109 Å². The first kappa shape index (κ1) is 12.2. The first-order valence-corrected chi connectivity index (χ1v) is 6.45. The molecule has 1 unspecified atom stereocenters. The van der Waals surface area contributed by atoms with Gasteiger partial charge >= 0.3 is 0 Å². The molecule has 0 bridgehead atoms. The van der Waals surface area contributed by atoms with Gasteiger partial charge in [-0.25, -0.2) is 4.98 Å². The Bertz CT molecular complexity index is 456. The van der Waals surface area contributed by atoms with Crippen LogP contribution >= 0.6 is 15.9 Å². The SMILES string of the molecule is COc1ccccc1CC(Br)Cc1ncc[nH]1. The Kier molecular flexibility index (Phi) is 4.20. The molecule has 0 radical (unpaired) electrons. The minimum absolute atomic E-state index is 0.352. The zero-order valence-corrected chi connectivity index (χ0v) is 11.3. The molecule has 90 valence electrons. The first-order valence-electron chi connectivity index (χ1n) is 5.54. The quantitative estimate of drug-likeness (QED) is 0.861. The average molecular weight is 295 g/mol. The van der Waals surface area contributed by atoms with Gasteiger partial charge in [-0.05, 0) is 18.1 Å². The zero-order chi connectivity index (χ0) is 12.1. The molecule has 4 heteroatoms. The highest BCUT2D eigenvalue weighted by molar-refractivity contribution is 9.09. The summed E-state index contributed by atoms with van der Waals surface area (Å²) in [5.41, 5.74) is 1.21. The highest BCUT2D eigenvalue weighted by atomic mass is 79.9. The van der Waals surface area contributed by atoms with Crippen LogP contribution < -0.4 is 4.74 Å². The summed E-state index contributed by atoms with van der Waals surface area (Å²) in [6.07, 6.45) is 5.42. The lowest BCUT2D eigenvalue weighted by atomic mass is 10.1. The van der Waals surface area contributed by atoms with E-state index in [0.717, 1.165) is 24.4 Å². The van der Waals surface area contributed by atoms with Crippen LogP contribution in [0.3, 0.4) is 0 Å². The van der Waals surface area contributed by atoms with Crippen LogP contribution in [0, 0.1) is 0 Å². The summed E-state index contributed by atoms with van der Waals surface area (Å²) < 4.78 is 5.34. The molecular formula is C13H15BrN2O. The lowest BCUT2D eigenvalue weighted by molar-refractivity contribution is 0.409. The molecule has 0 aliphatic heterocycles. The fourth-order valence-electron chi connectivity index (χ4n) is 1.80. The summed E-state index contributed by atoms with van der Waals surface area (Å²) in [4.78, 5) is 7.69. The summed E-state index contributed by atoms with van der Waals surface area (Å²) in [7, 11) is 1.70. The number of hydrogen-bond acceptors (Lipinski definition) is 2. The number of aromatic amines is 1. The van der Waals surface area contributed by atoms with E-state index in [-0.39, 0.29) is 0 Å². The molecule has 17 heavy (non-hydrogen) atoms. The summed E-state index contributed by atoms with van der Waals surface area (Å²) in [5.74, 6) is 1.94. The van der Waals surface area contributed by atoms with Crippen LogP contribution in [-0.4, -0.2) is 21.9 Å². The lowest BCUT2D eigenvalue weighted by Crippen LogP contribution is -2.08. The number of methoxy groups -OCH3 is 1. The van der Waals surface area contributed by atoms with Crippen molar-refractivity contribution in [3.63, 3.8) is 0 Å². The van der Waals surface area contributed by atoms with Crippen molar-refractivity contribution in [1.82, 2.24) is 9.97 Å². The Morgan fingerprint density at radius 1 is 1.35 bits per heavy atom. The Balaban J connectivity index is 2.00. The Morgan fingerprint density at radius 3 is 2.88 bits per heavy atom. The molecule has 0 spiro atoms. The third-order valence-corrected chi connectivity index (χ3v) is 3.25. The van der Waals surface area contributed by atoms with Crippen molar-refractivity contribution in [2.45, 2.75) is 17.7 Å². The molecule has 2 rings (SSSR count). The predicted octanol–water partition coefficient (Wildman–Crippen LogP) is 2.97. The Morgan fingerprint density at radius 2 is 2.18 bits per heavy atom. The van der Waals surface area contributed by atoms with Crippen LogP contribution in [0.25, 0.3) is 0 Å². The molecule has 1 heterocycles. The number of H-pyrrole nitrogens is 1. The number of hydrogen-bond donors (Lipinski definition) is 1. The summed E-state index contributed by atoms with van der Waals surface area (Å²) >= 11 is 3.68. The molecule has 3 nitrogen and oxygen atoms in total. The van der Waals surface area contributed by atoms with Gasteiger partial charge in [-0.15, -0.1) is 0 Å². The van der Waals surface area contributed by atoms with Gasteiger partial charge in [-0.2, -0.15) is 0 Å². The van der Waals surface area contributed by atoms with Gasteiger partial charge in [0.25, 0.3) is 0 Å². The highest BCUT2D eigenvalue weighted by Crippen LogP contribution is 2.22. The number of alkyl halides is 1. The van der Waals surface area contributed by atoms with E-state index in [9.17, 15) is 0 Å². The largest absolute Gasteiger partial charge is 0.496 e. The number of halogens is 1. The minimum Gasteiger partial charge on any atom is -0.496 e. The first-order chi connectivity index (χ1) is 8.29. The van der Waals surface area contributed by atoms with E-state index in [4.69, 9.17) is 4.74 Å². The normalized spacial score (nSPS) is 12.4. The van der Waals surface area contributed by atoms with Crippen LogP contribution in [0.2, 0.25) is 0 Å². The van der Waals surface area contributed by atoms with Gasteiger partial charge in [-0.1, -0.05) is 34.1 Å². The second kappa shape index (κ2) is 5.87. The van der Waals surface area contributed by atoms with Gasteiger partial charge in [-0.3, -0.25) is 0 Å². The van der Waals surface area contributed by atoms with Crippen molar-refractivity contribution in [1.29, 1.82) is 0 Å². The maximum atomic E-state index is 5.34. The van der Waals surface area contributed by atoms with E-state index in [1.54, 1.807) is 13.3 Å². The van der Waals surface area contributed by atoms with Crippen LogP contribution in [0.15, 0.2) is 36.7 Å². The molecular weight excluding hydrogens is 280 g/mol. The molecule has 0 amide bonds. The molecule has 0 saturated heterocycles. The summed E-state index contributed by atoms with van der Waals surface area (Å²) in [6.45, 7) is 0. The van der Waals surface area contributed by atoms with Crippen molar-refractivity contribution < 1.29 is 4.74 Å². The summed E-state index contributed by atoms with van der Waals surface area (Å²) in [5, 5.41) is 0. The smallest absolute Gasteiger partial charge is 0.122 e. The van der Waals surface area contributed by atoms with Gasteiger partial charge in [0.1, 0.15) is 11.6 Å². The monoisotopic (exact) mass is 294 g/mol. The molecule has 2 aromatic rings. The molecule has 1 atom stereocenters. The number of nitrogens with zero attached hydrogens (tertiary/aromatic N) is 1. The van der Waals surface area contributed by atoms with Crippen LogP contribution in [-0.2, 0) is 12.8 Å². The van der Waals surface area contributed by atoms with Crippen LogP contribution in [0.5, 0.6) is 5.75 Å². The fourth-order valence-corrected chi connectivity index (χ4v) is 2.46. The van der Waals surface area contributed by atoms with Crippen molar-refractivity contribution in [2.75, 3.05) is 7.11 Å². The second-order valence-electron chi connectivity index (χ2n) is 3.85. The highest BCUT2D eigenvalue weighted by Gasteiger charge is 2.11. The average Bonchev–Trinajstić information content (AvgIpc) is 2.82. The number of imidazole rings is 1. The second-order valence-corrected chi connectivity index (χ2v) is 5.15. The molecule has 1 aromatic heterocycles. The number of nitrogens with one attached hydrogen (secondary N) is 1. The topological polar surface area (TPSA) is 37.9 Å². The lowest BCUT2D eigenvalue weighted by Gasteiger charge is -2.11. The third-order valence-electron chi connectivity index (χ3n) is 2.60. The maximum Gasteiger partial charge on any atom is 0.122 e. The number of aromatic nitrogens is 2. The van der Waals surface area contributed by atoms with E-state index >= 15 is 0 Å². The number of benzene rings is 1.